The van der Waals surface area contributed by atoms with E-state index in [1.165, 1.54) is 0 Å². The van der Waals surface area contributed by atoms with Crippen LogP contribution in [-0.4, -0.2) is 37.4 Å². The van der Waals surface area contributed by atoms with Crippen molar-refractivity contribution < 1.29 is 22.7 Å². The van der Waals surface area contributed by atoms with E-state index in [0.717, 1.165) is 28.7 Å². The highest BCUT2D eigenvalue weighted by Crippen LogP contribution is 2.30. The topological polar surface area (TPSA) is 69.4 Å². The molecule has 0 saturated carbocycles. The van der Waals surface area contributed by atoms with Crippen LogP contribution in [0.25, 0.3) is 5.78 Å². The highest BCUT2D eigenvalue weighted by molar-refractivity contribution is 7.99. The number of carbonyl (C=O) groups excluding carboxylic acids is 1. The number of alkyl halides is 3. The Labute approximate surface area is 121 Å². The van der Waals surface area contributed by atoms with Crippen LogP contribution < -0.4 is 0 Å². The molecule has 0 aliphatic heterocycles. The molecule has 0 spiro atoms. The first-order chi connectivity index (χ1) is 9.77. The van der Waals surface area contributed by atoms with Crippen molar-refractivity contribution in [1.82, 2.24) is 19.6 Å². The molecule has 2 aromatic rings. The number of rotatable bonds is 4. The molecule has 0 fully saturated rings. The van der Waals surface area contributed by atoms with Crippen molar-refractivity contribution in [2.45, 2.75) is 31.2 Å². The number of hydrogen-bond donors (Lipinski definition) is 0. The van der Waals surface area contributed by atoms with E-state index in [1.807, 2.05) is 0 Å². The number of esters is 1. The molecule has 114 valence electrons. The lowest BCUT2D eigenvalue weighted by atomic mass is 10.4. The molecule has 0 aliphatic rings. The van der Waals surface area contributed by atoms with Gasteiger partial charge >= 0.3 is 12.1 Å². The molecule has 2 aromatic heterocycles. The van der Waals surface area contributed by atoms with E-state index in [2.05, 4.69) is 15.1 Å². The van der Waals surface area contributed by atoms with Crippen LogP contribution in [0.5, 0.6) is 0 Å². The maximum atomic E-state index is 12.8. The second-order valence-electron chi connectivity index (χ2n) is 4.28. The molecule has 0 N–H and O–H groups in total. The van der Waals surface area contributed by atoms with E-state index in [0.29, 0.717) is 0 Å². The van der Waals surface area contributed by atoms with E-state index >= 15 is 0 Å². The van der Waals surface area contributed by atoms with Gasteiger partial charge in [-0.2, -0.15) is 27.8 Å². The summed E-state index contributed by atoms with van der Waals surface area (Å²) in [7, 11) is 0. The summed E-state index contributed by atoms with van der Waals surface area (Å²) in [4.78, 5) is 18.5. The summed E-state index contributed by atoms with van der Waals surface area (Å²) in [6.45, 7) is 3.37. The lowest BCUT2D eigenvalue weighted by Crippen LogP contribution is -2.14. The van der Waals surface area contributed by atoms with Crippen LogP contribution in [0, 0.1) is 0 Å². The summed E-state index contributed by atoms with van der Waals surface area (Å²) in [5.41, 5.74) is -1.08. The molecule has 0 amide bonds. The zero-order chi connectivity index (χ0) is 15.6. The maximum absolute atomic E-state index is 12.8. The van der Waals surface area contributed by atoms with E-state index in [1.54, 1.807) is 13.8 Å². The summed E-state index contributed by atoms with van der Waals surface area (Å²) >= 11 is 0.881. The van der Waals surface area contributed by atoms with Crippen molar-refractivity contribution in [3.8, 4) is 0 Å². The monoisotopic (exact) mass is 320 g/mol. The predicted molar refractivity (Wildman–Crippen MR) is 67.7 cm³/mol. The molecule has 0 aliphatic carbocycles. The Morgan fingerprint density at radius 1 is 1.48 bits per heavy atom. The Balaban J connectivity index is 2.25. The van der Waals surface area contributed by atoms with Crippen molar-refractivity contribution in [2.75, 3.05) is 5.75 Å². The molecule has 0 unspecified atom stereocenters. The molecule has 6 nitrogen and oxygen atoms in total. The lowest BCUT2D eigenvalue weighted by molar-refractivity contribution is -0.144. The van der Waals surface area contributed by atoms with Gasteiger partial charge in [0.15, 0.2) is 5.69 Å². The minimum absolute atomic E-state index is 0.116. The summed E-state index contributed by atoms with van der Waals surface area (Å²) in [6.07, 6.45) is -3.78. The normalized spacial score (nSPS) is 12.1. The third kappa shape index (κ3) is 3.84. The number of halogens is 3. The van der Waals surface area contributed by atoms with Gasteiger partial charge in [0.1, 0.15) is 11.4 Å². The summed E-state index contributed by atoms with van der Waals surface area (Å²) in [5, 5.41) is 3.90. The molecule has 0 aromatic carbocycles. The van der Waals surface area contributed by atoms with Gasteiger partial charge in [-0.25, -0.2) is 4.98 Å². The maximum Gasteiger partial charge on any atom is 0.433 e. The number of aromatic nitrogens is 4. The zero-order valence-corrected chi connectivity index (χ0v) is 11.9. The molecule has 0 atom stereocenters. The summed E-state index contributed by atoms with van der Waals surface area (Å²) in [5.74, 6) is -0.827. The molecule has 0 radical (unpaired) electrons. The Kier molecular flexibility index (Phi) is 4.35. The predicted octanol–water partition coefficient (Wildman–Crippen LogP) is 2.19. The van der Waals surface area contributed by atoms with Crippen molar-refractivity contribution >= 4 is 23.5 Å². The standard InChI is InChI=1S/C11H11F3N4O2S/c1-6(2)20-9(19)4-21-8-3-7(11(12,13)14)17-10-15-5-16-18(8)10/h3,5-6H,4H2,1-2H3. The molecule has 10 heteroatoms. The van der Waals surface area contributed by atoms with Crippen LogP contribution in [0.3, 0.4) is 0 Å². The van der Waals surface area contributed by atoms with Gasteiger partial charge in [0.2, 0.25) is 0 Å². The Bertz CT molecular complexity index is 656. The number of nitrogens with zero attached hydrogens (tertiary/aromatic N) is 4. The second-order valence-corrected chi connectivity index (χ2v) is 5.27. The van der Waals surface area contributed by atoms with E-state index in [9.17, 15) is 18.0 Å². The fourth-order valence-corrected chi connectivity index (χ4v) is 2.24. The highest BCUT2D eigenvalue weighted by atomic mass is 32.2. The molecule has 0 saturated heterocycles. The SMILES string of the molecule is CC(C)OC(=O)CSc1cc(C(F)(F)F)nc2ncnn12. The Hall–Kier alpha value is -1.84. The zero-order valence-electron chi connectivity index (χ0n) is 11.1. The van der Waals surface area contributed by atoms with E-state index in [4.69, 9.17) is 4.74 Å². The molecular weight excluding hydrogens is 309 g/mol. The van der Waals surface area contributed by atoms with E-state index in [-0.39, 0.29) is 22.7 Å². The fraction of sp³-hybridized carbons (Fsp3) is 0.455. The van der Waals surface area contributed by atoms with Gasteiger partial charge in [0, 0.05) is 6.07 Å². The van der Waals surface area contributed by atoms with Crippen molar-refractivity contribution in [1.29, 1.82) is 0 Å². The first-order valence-electron chi connectivity index (χ1n) is 5.87. The van der Waals surface area contributed by atoms with Gasteiger partial charge < -0.3 is 4.74 Å². The van der Waals surface area contributed by atoms with Crippen LogP contribution in [0.4, 0.5) is 13.2 Å². The van der Waals surface area contributed by atoms with Crippen molar-refractivity contribution in [2.24, 2.45) is 0 Å². The third-order valence-electron chi connectivity index (χ3n) is 2.21. The molecule has 2 heterocycles. The van der Waals surface area contributed by atoms with E-state index < -0.39 is 17.8 Å². The molecule has 2 rings (SSSR count). The second kappa shape index (κ2) is 5.88. The van der Waals surface area contributed by atoms with Gasteiger partial charge in [-0.15, -0.1) is 0 Å². The van der Waals surface area contributed by atoms with Gasteiger partial charge in [-0.1, -0.05) is 11.8 Å². The van der Waals surface area contributed by atoms with Crippen LogP contribution in [0.2, 0.25) is 0 Å². The molecule has 0 bridgehead atoms. The minimum atomic E-state index is -4.60. The number of thioether (sulfide) groups is 1. The van der Waals surface area contributed by atoms with Crippen molar-refractivity contribution in [3.05, 3.63) is 18.1 Å². The quantitative estimate of drug-likeness (QED) is 0.489. The fourth-order valence-electron chi connectivity index (χ4n) is 1.46. The highest BCUT2D eigenvalue weighted by Gasteiger charge is 2.34. The number of carbonyl (C=O) groups is 1. The average Bonchev–Trinajstić information content (AvgIpc) is 2.81. The van der Waals surface area contributed by atoms with Crippen LogP contribution in [0.1, 0.15) is 19.5 Å². The minimum Gasteiger partial charge on any atom is -0.462 e. The smallest absolute Gasteiger partial charge is 0.433 e. The largest absolute Gasteiger partial charge is 0.462 e. The third-order valence-corrected chi connectivity index (χ3v) is 3.18. The first kappa shape index (κ1) is 15.5. The lowest BCUT2D eigenvalue weighted by Gasteiger charge is -2.10. The van der Waals surface area contributed by atoms with Crippen molar-refractivity contribution in [3.63, 3.8) is 0 Å². The summed E-state index contributed by atoms with van der Waals surface area (Å²) in [6, 6.07) is 0.828. The van der Waals surface area contributed by atoms with Gasteiger partial charge in [0.05, 0.1) is 11.9 Å². The number of ether oxygens (including phenoxy) is 1. The molecular formula is C11H11F3N4O2S. The summed E-state index contributed by atoms with van der Waals surface area (Å²) < 4.78 is 44.3. The van der Waals surface area contributed by atoms with Gasteiger partial charge in [-0.3, -0.25) is 4.79 Å². The number of fused-ring (bicyclic) bond motifs is 1. The Morgan fingerprint density at radius 2 is 2.19 bits per heavy atom. The van der Waals surface area contributed by atoms with Gasteiger partial charge in [-0.05, 0) is 13.8 Å². The average molecular weight is 320 g/mol. The van der Waals surface area contributed by atoms with Gasteiger partial charge in [0.25, 0.3) is 5.78 Å². The van der Waals surface area contributed by atoms with Crippen LogP contribution in [-0.2, 0) is 15.7 Å². The molecule has 21 heavy (non-hydrogen) atoms. The van der Waals surface area contributed by atoms with Crippen LogP contribution >= 0.6 is 11.8 Å². The van der Waals surface area contributed by atoms with Crippen LogP contribution in [0.15, 0.2) is 17.4 Å². The Morgan fingerprint density at radius 3 is 2.81 bits per heavy atom. The first-order valence-corrected chi connectivity index (χ1v) is 6.86. The number of hydrogen-bond acceptors (Lipinski definition) is 6.